The van der Waals surface area contributed by atoms with Crippen molar-refractivity contribution in [2.24, 2.45) is 11.7 Å². The number of nitrogens with two attached hydrogens (primary N) is 1. The summed E-state index contributed by atoms with van der Waals surface area (Å²) in [6, 6.07) is 15.9. The number of ether oxygens (including phenoxy) is 1. The minimum absolute atomic E-state index is 0.0159. The van der Waals surface area contributed by atoms with Gasteiger partial charge in [0.05, 0.1) is 5.56 Å². The Hall–Kier alpha value is -4.80. The maximum absolute atomic E-state index is 12.6. The average molecular weight is 516 g/mol. The highest BCUT2D eigenvalue weighted by Crippen LogP contribution is 2.28. The summed E-state index contributed by atoms with van der Waals surface area (Å²) in [6.45, 7) is 5.66. The van der Waals surface area contributed by atoms with Crippen LogP contribution in [0.1, 0.15) is 46.2 Å². The van der Waals surface area contributed by atoms with Gasteiger partial charge in [-0.2, -0.15) is 4.98 Å². The Labute approximate surface area is 219 Å². The fourth-order valence-electron chi connectivity index (χ4n) is 4.29. The molecule has 2 aromatic carbocycles. The van der Waals surface area contributed by atoms with Crippen LogP contribution in [0.4, 0.5) is 17.5 Å². The topological polar surface area (TPSA) is 161 Å². The minimum Gasteiger partial charge on any atom is -0.457 e. The van der Waals surface area contributed by atoms with E-state index in [1.165, 1.54) is 6.08 Å². The molecule has 38 heavy (non-hydrogen) atoms. The lowest BCUT2D eigenvalue weighted by atomic mass is 10.0. The summed E-state index contributed by atoms with van der Waals surface area (Å²) in [4.78, 5) is 40.7. The number of nitrogens with one attached hydrogen (secondary N) is 3. The Morgan fingerprint density at radius 2 is 1.84 bits per heavy atom. The molecule has 0 aliphatic heterocycles. The predicted octanol–water partition coefficient (Wildman–Crippen LogP) is 2.95. The van der Waals surface area contributed by atoms with Gasteiger partial charge in [-0.3, -0.25) is 9.59 Å². The predicted molar refractivity (Wildman–Crippen MR) is 142 cm³/mol. The second-order valence-corrected chi connectivity index (χ2v) is 8.97. The molecule has 1 aliphatic carbocycles. The molecule has 1 aliphatic rings. The normalized spacial score (nSPS) is 18.3. The average Bonchev–Trinajstić information content (AvgIpc) is 3.26. The molecule has 0 radical (unpaired) electrons. The van der Waals surface area contributed by atoms with Crippen molar-refractivity contribution in [1.29, 1.82) is 0 Å². The number of anilines is 3. The van der Waals surface area contributed by atoms with E-state index in [1.807, 2.05) is 37.3 Å². The summed E-state index contributed by atoms with van der Waals surface area (Å²) >= 11 is 0. The molecular formula is C27H29N7O4. The van der Waals surface area contributed by atoms with E-state index < -0.39 is 11.9 Å². The highest BCUT2D eigenvalue weighted by Gasteiger charge is 2.34. The van der Waals surface area contributed by atoms with Gasteiger partial charge >= 0.3 is 5.97 Å². The van der Waals surface area contributed by atoms with E-state index in [4.69, 9.17) is 10.5 Å². The Kier molecular flexibility index (Phi) is 8.27. The lowest BCUT2D eigenvalue weighted by Gasteiger charge is -2.22. The number of esters is 1. The monoisotopic (exact) mass is 515 g/mol. The van der Waals surface area contributed by atoms with Gasteiger partial charge in [0.25, 0.3) is 5.91 Å². The van der Waals surface area contributed by atoms with Crippen LogP contribution in [-0.2, 0) is 16.1 Å². The molecule has 5 N–H and O–H groups in total. The maximum Gasteiger partial charge on any atom is 0.338 e. The van der Waals surface area contributed by atoms with Gasteiger partial charge < -0.3 is 26.4 Å². The minimum atomic E-state index is -0.807. The first-order chi connectivity index (χ1) is 18.3. The van der Waals surface area contributed by atoms with E-state index in [0.717, 1.165) is 18.4 Å². The van der Waals surface area contributed by atoms with Crippen molar-refractivity contribution in [3.63, 3.8) is 0 Å². The molecule has 11 nitrogen and oxygen atoms in total. The second-order valence-electron chi connectivity index (χ2n) is 8.97. The summed E-state index contributed by atoms with van der Waals surface area (Å²) in [5.41, 5.74) is 7.01. The molecule has 1 fully saturated rings. The lowest BCUT2D eigenvalue weighted by molar-refractivity contribution is -0.117. The number of rotatable bonds is 10. The molecule has 2 amide bonds. The first kappa shape index (κ1) is 26.3. The van der Waals surface area contributed by atoms with Crippen LogP contribution in [0, 0.1) is 5.92 Å². The number of amides is 2. The van der Waals surface area contributed by atoms with Crippen molar-refractivity contribution in [3.05, 3.63) is 84.1 Å². The van der Waals surface area contributed by atoms with E-state index >= 15 is 0 Å². The number of benzene rings is 2. The van der Waals surface area contributed by atoms with E-state index in [-0.39, 0.29) is 48.0 Å². The van der Waals surface area contributed by atoms with Gasteiger partial charge in [0.15, 0.2) is 11.5 Å². The van der Waals surface area contributed by atoms with Crippen LogP contribution in [0.2, 0.25) is 0 Å². The van der Waals surface area contributed by atoms with Gasteiger partial charge in [0, 0.05) is 17.8 Å². The van der Waals surface area contributed by atoms with Gasteiger partial charge in [0.1, 0.15) is 6.61 Å². The molecule has 0 bridgehead atoms. The molecule has 0 spiro atoms. The Morgan fingerprint density at radius 1 is 1.08 bits per heavy atom. The highest BCUT2D eigenvalue weighted by atomic mass is 16.5. The Bertz CT molecular complexity index is 1330. The van der Waals surface area contributed by atoms with Gasteiger partial charge in [-0.15, -0.1) is 10.2 Å². The highest BCUT2D eigenvalue weighted by molar-refractivity contribution is 5.96. The van der Waals surface area contributed by atoms with Crippen molar-refractivity contribution in [3.8, 4) is 0 Å². The fourth-order valence-corrected chi connectivity index (χ4v) is 4.29. The smallest absolute Gasteiger partial charge is 0.338 e. The molecular weight excluding hydrogens is 486 g/mol. The van der Waals surface area contributed by atoms with Crippen molar-refractivity contribution < 1.29 is 19.1 Å². The number of hydrogen-bond acceptors (Lipinski definition) is 9. The van der Waals surface area contributed by atoms with Gasteiger partial charge in [0.2, 0.25) is 11.9 Å². The number of carbonyl (C=O) groups excluding carboxylic acids is 3. The zero-order valence-electron chi connectivity index (χ0n) is 20.9. The van der Waals surface area contributed by atoms with Crippen LogP contribution >= 0.6 is 0 Å². The SMILES string of the molecule is C=CC(=O)NC1CC[C@@H](Nc2nnc(C(N)=O)c(Nc3cccc(C(=O)OCc4ccccc4)c3)n2)[C@H]1C. The van der Waals surface area contributed by atoms with E-state index in [9.17, 15) is 14.4 Å². The Balaban J connectivity index is 1.47. The summed E-state index contributed by atoms with van der Waals surface area (Å²) in [6.07, 6.45) is 2.81. The standard InChI is InChI=1S/C27H29N7O4/c1-3-22(35)30-20-12-13-21(16(20)2)31-27-32-25(23(24(28)36)33-34-27)29-19-11-7-10-18(14-19)26(37)38-15-17-8-5-4-6-9-17/h3-11,14,16,20-21H,1,12-13,15H2,2H3,(H2,28,36)(H,30,35)(H2,29,31,32,34)/t16-,20?,21+/m0/s1. The molecule has 1 heterocycles. The van der Waals surface area contributed by atoms with Crippen LogP contribution in [0.15, 0.2) is 67.3 Å². The molecule has 0 saturated heterocycles. The van der Waals surface area contributed by atoms with Crippen molar-refractivity contribution in [2.45, 2.75) is 38.5 Å². The van der Waals surface area contributed by atoms with Gasteiger partial charge in [-0.25, -0.2) is 4.79 Å². The molecule has 1 saturated carbocycles. The third-order valence-electron chi connectivity index (χ3n) is 6.38. The third-order valence-corrected chi connectivity index (χ3v) is 6.38. The first-order valence-corrected chi connectivity index (χ1v) is 12.2. The van der Waals surface area contributed by atoms with Crippen molar-refractivity contribution >= 4 is 35.2 Å². The molecule has 3 atom stereocenters. The fraction of sp³-hybridized carbons (Fsp3) is 0.259. The number of nitrogens with zero attached hydrogens (tertiary/aromatic N) is 3. The first-order valence-electron chi connectivity index (χ1n) is 12.2. The van der Waals surface area contributed by atoms with Crippen LogP contribution < -0.4 is 21.7 Å². The van der Waals surface area contributed by atoms with Crippen LogP contribution in [0.5, 0.6) is 0 Å². The summed E-state index contributed by atoms with van der Waals surface area (Å²) in [5, 5.41) is 17.1. The molecule has 3 aromatic rings. The molecule has 1 unspecified atom stereocenters. The molecule has 11 heteroatoms. The quantitative estimate of drug-likeness (QED) is 0.235. The van der Waals surface area contributed by atoms with E-state index in [1.54, 1.807) is 24.3 Å². The number of carbonyl (C=O) groups is 3. The summed E-state index contributed by atoms with van der Waals surface area (Å²) in [7, 11) is 0. The largest absolute Gasteiger partial charge is 0.457 e. The second kappa shape index (κ2) is 12.0. The zero-order chi connectivity index (χ0) is 27.1. The lowest BCUT2D eigenvalue weighted by Crippen LogP contribution is -2.39. The van der Waals surface area contributed by atoms with Crippen LogP contribution in [0.25, 0.3) is 0 Å². The third kappa shape index (κ3) is 6.49. The van der Waals surface area contributed by atoms with Crippen LogP contribution in [0.3, 0.4) is 0 Å². The van der Waals surface area contributed by atoms with Crippen LogP contribution in [-0.4, -0.2) is 45.0 Å². The van der Waals surface area contributed by atoms with E-state index in [2.05, 4.69) is 37.7 Å². The maximum atomic E-state index is 12.6. The Morgan fingerprint density at radius 3 is 2.58 bits per heavy atom. The number of hydrogen-bond donors (Lipinski definition) is 4. The van der Waals surface area contributed by atoms with E-state index in [0.29, 0.717) is 11.3 Å². The summed E-state index contributed by atoms with van der Waals surface area (Å²) < 4.78 is 5.40. The number of primary amides is 1. The zero-order valence-corrected chi connectivity index (χ0v) is 20.9. The van der Waals surface area contributed by atoms with Gasteiger partial charge in [-0.1, -0.05) is 49.9 Å². The summed E-state index contributed by atoms with van der Waals surface area (Å²) in [5.74, 6) is -1.14. The molecule has 196 valence electrons. The number of aromatic nitrogens is 3. The van der Waals surface area contributed by atoms with Gasteiger partial charge in [-0.05, 0) is 48.6 Å². The van der Waals surface area contributed by atoms with Crippen molar-refractivity contribution in [2.75, 3.05) is 10.6 Å². The molecule has 1 aromatic heterocycles. The molecule has 4 rings (SSSR count). The van der Waals surface area contributed by atoms with Crippen molar-refractivity contribution in [1.82, 2.24) is 20.5 Å².